The van der Waals surface area contributed by atoms with E-state index in [0.717, 1.165) is 49.4 Å². The predicted octanol–water partition coefficient (Wildman–Crippen LogP) is 3.59. The number of aryl methyl sites for hydroxylation is 1. The van der Waals surface area contributed by atoms with Gasteiger partial charge >= 0.3 is 0 Å². The van der Waals surface area contributed by atoms with Crippen molar-refractivity contribution in [3.05, 3.63) is 29.3 Å². The molecule has 5 nitrogen and oxygen atoms in total. The summed E-state index contributed by atoms with van der Waals surface area (Å²) in [5.41, 5.74) is 0.919. The van der Waals surface area contributed by atoms with Gasteiger partial charge in [-0.2, -0.15) is 0 Å². The average Bonchev–Trinajstić information content (AvgIpc) is 3.28. The molecule has 29 heavy (non-hydrogen) atoms. The molecule has 0 saturated carbocycles. The van der Waals surface area contributed by atoms with E-state index in [-0.39, 0.29) is 30.3 Å². The third kappa shape index (κ3) is 4.61. The fourth-order valence-corrected chi connectivity index (χ4v) is 5.86. The number of nitrogens with zero attached hydrogens (tertiary/aromatic N) is 3. The Bertz CT molecular complexity index is 809. The van der Waals surface area contributed by atoms with E-state index in [1.165, 1.54) is 4.70 Å². The number of hydrogen-bond donors (Lipinski definition) is 1. The Morgan fingerprint density at radius 2 is 2.14 bits per heavy atom. The number of aliphatic hydroxyl groups is 1. The smallest absolute Gasteiger partial charge is 0.222 e. The van der Waals surface area contributed by atoms with Crippen molar-refractivity contribution in [2.45, 2.75) is 45.6 Å². The van der Waals surface area contributed by atoms with Crippen LogP contribution in [0.3, 0.4) is 0 Å². The fourth-order valence-electron chi connectivity index (χ4n) is 4.85. The third-order valence-electron chi connectivity index (χ3n) is 6.61. The quantitative estimate of drug-likeness (QED) is 0.750. The molecule has 0 unspecified atom stereocenters. The Hall–Kier alpha value is -1.21. The number of aliphatic hydroxyl groups excluding tert-OH is 1. The summed E-state index contributed by atoms with van der Waals surface area (Å²) >= 11 is 1.73. The van der Waals surface area contributed by atoms with Gasteiger partial charge < -0.3 is 14.9 Å². The number of carbonyl (C=O) groups is 1. The van der Waals surface area contributed by atoms with Gasteiger partial charge in [0.05, 0.1) is 21.8 Å². The van der Waals surface area contributed by atoms with Crippen molar-refractivity contribution in [2.75, 3.05) is 32.8 Å². The summed E-state index contributed by atoms with van der Waals surface area (Å²) < 4.78 is 1.21. The molecule has 160 valence electrons. The highest BCUT2D eigenvalue weighted by Gasteiger charge is 2.50. The summed E-state index contributed by atoms with van der Waals surface area (Å²) in [6.45, 7) is 8.10. The Kier molecular flexibility index (Phi) is 7.20. The highest BCUT2D eigenvalue weighted by molar-refractivity contribution is 7.18. The van der Waals surface area contributed by atoms with E-state index in [4.69, 9.17) is 0 Å². The second kappa shape index (κ2) is 9.29. The molecule has 2 atom stereocenters. The Balaban J connectivity index is 0.00000240. The molecule has 2 fully saturated rings. The number of halogens is 1. The molecular formula is C22H32ClN3O2S. The maximum Gasteiger partial charge on any atom is 0.222 e. The topological polar surface area (TPSA) is 56.7 Å². The number of aromatic nitrogens is 1. The third-order valence-corrected chi connectivity index (χ3v) is 7.71. The minimum atomic E-state index is -0.134. The number of likely N-dealkylation sites (tertiary alicyclic amines) is 2. The molecular weight excluding hydrogens is 406 g/mol. The van der Waals surface area contributed by atoms with Gasteiger partial charge in [0.25, 0.3) is 0 Å². The standard InChI is InChI=1S/C22H31N3O2S.ClH/c1-16(2)24-11-10-17-12-25(14-22(17,13-24)15-26)21(27)9-5-8-20-23-18-6-3-4-7-19(18)28-20;/h3-4,6-7,16-17,26H,5,8-15H2,1-2H3;1H/t17-,22+;/m0./s1. The first-order chi connectivity index (χ1) is 13.5. The van der Waals surface area contributed by atoms with Crippen LogP contribution < -0.4 is 0 Å². The lowest BCUT2D eigenvalue weighted by molar-refractivity contribution is -0.130. The van der Waals surface area contributed by atoms with Crippen molar-refractivity contribution in [1.29, 1.82) is 0 Å². The van der Waals surface area contributed by atoms with Crippen molar-refractivity contribution >= 4 is 39.9 Å². The van der Waals surface area contributed by atoms with Gasteiger partial charge in [-0.1, -0.05) is 12.1 Å². The number of amides is 1. The first kappa shape index (κ1) is 22.5. The van der Waals surface area contributed by atoms with Gasteiger partial charge in [0.1, 0.15) is 0 Å². The van der Waals surface area contributed by atoms with Crippen molar-refractivity contribution in [3.63, 3.8) is 0 Å². The zero-order valence-electron chi connectivity index (χ0n) is 17.3. The second-order valence-corrected chi connectivity index (χ2v) is 9.89. The molecule has 0 spiro atoms. The van der Waals surface area contributed by atoms with E-state index < -0.39 is 0 Å². The van der Waals surface area contributed by atoms with E-state index in [0.29, 0.717) is 24.9 Å². The molecule has 2 aliphatic heterocycles. The summed E-state index contributed by atoms with van der Waals surface area (Å²) in [7, 11) is 0. The molecule has 7 heteroatoms. The van der Waals surface area contributed by atoms with E-state index in [1.54, 1.807) is 11.3 Å². The van der Waals surface area contributed by atoms with E-state index in [2.05, 4.69) is 29.8 Å². The summed E-state index contributed by atoms with van der Waals surface area (Å²) in [4.78, 5) is 22.0. The van der Waals surface area contributed by atoms with E-state index in [9.17, 15) is 9.90 Å². The van der Waals surface area contributed by atoms with Crippen molar-refractivity contribution in [3.8, 4) is 0 Å². The Morgan fingerprint density at radius 1 is 1.34 bits per heavy atom. The average molecular weight is 438 g/mol. The SMILES string of the molecule is CC(C)N1CC[C@H]2CN(C(=O)CCCc3nc4ccccc4s3)C[C@@]2(CO)C1.Cl. The van der Waals surface area contributed by atoms with Crippen LogP contribution in [0.1, 0.15) is 38.1 Å². The minimum absolute atomic E-state index is 0. The van der Waals surface area contributed by atoms with Crippen LogP contribution in [0, 0.1) is 11.3 Å². The molecule has 2 saturated heterocycles. The number of carbonyl (C=O) groups excluding carboxylic acids is 1. The van der Waals surface area contributed by atoms with Gasteiger partial charge in [0.2, 0.25) is 5.91 Å². The molecule has 2 aliphatic rings. The second-order valence-electron chi connectivity index (χ2n) is 8.77. The highest BCUT2D eigenvalue weighted by atomic mass is 35.5. The van der Waals surface area contributed by atoms with Crippen molar-refractivity contribution in [1.82, 2.24) is 14.8 Å². The number of fused-ring (bicyclic) bond motifs is 2. The minimum Gasteiger partial charge on any atom is -0.396 e. The maximum absolute atomic E-state index is 12.8. The fraction of sp³-hybridized carbons (Fsp3) is 0.636. The van der Waals surface area contributed by atoms with Gasteiger partial charge in [-0.25, -0.2) is 4.98 Å². The number of benzene rings is 1. The molecule has 1 aromatic carbocycles. The predicted molar refractivity (Wildman–Crippen MR) is 121 cm³/mol. The normalized spacial score (nSPS) is 24.7. The zero-order valence-corrected chi connectivity index (χ0v) is 19.0. The van der Waals surface area contributed by atoms with Crippen LogP contribution in [0.5, 0.6) is 0 Å². The van der Waals surface area contributed by atoms with Gasteiger partial charge in [-0.3, -0.25) is 4.79 Å². The number of para-hydroxylation sites is 1. The molecule has 4 rings (SSSR count). The van der Waals surface area contributed by atoms with Gasteiger partial charge in [-0.15, -0.1) is 23.7 Å². The van der Waals surface area contributed by atoms with Gasteiger partial charge in [0.15, 0.2) is 0 Å². The van der Waals surface area contributed by atoms with Crippen molar-refractivity contribution in [2.24, 2.45) is 11.3 Å². The highest BCUT2D eigenvalue weighted by Crippen LogP contribution is 2.42. The molecule has 1 aromatic heterocycles. The monoisotopic (exact) mass is 437 g/mol. The van der Waals surface area contributed by atoms with E-state index >= 15 is 0 Å². The summed E-state index contributed by atoms with van der Waals surface area (Å²) in [6.07, 6.45) is 3.34. The summed E-state index contributed by atoms with van der Waals surface area (Å²) in [6, 6.07) is 8.68. The number of rotatable bonds is 6. The maximum atomic E-state index is 12.8. The van der Waals surface area contributed by atoms with Gasteiger partial charge in [-0.05, 0) is 57.7 Å². The lowest BCUT2D eigenvalue weighted by Crippen LogP contribution is -2.52. The lowest BCUT2D eigenvalue weighted by atomic mass is 9.73. The van der Waals surface area contributed by atoms with Crippen LogP contribution in [-0.4, -0.2) is 64.6 Å². The first-order valence-electron chi connectivity index (χ1n) is 10.5. The van der Waals surface area contributed by atoms with Crippen molar-refractivity contribution < 1.29 is 9.90 Å². The van der Waals surface area contributed by atoms with Crippen LogP contribution in [0.25, 0.3) is 10.2 Å². The van der Waals surface area contributed by atoms with Gasteiger partial charge in [0, 0.05) is 37.5 Å². The molecule has 1 amide bonds. The number of thiazole rings is 1. The summed E-state index contributed by atoms with van der Waals surface area (Å²) in [5.74, 6) is 0.667. The molecule has 2 aromatic rings. The Labute approximate surface area is 183 Å². The molecule has 0 bridgehead atoms. The molecule has 1 N–H and O–H groups in total. The molecule has 0 aliphatic carbocycles. The number of hydrogen-bond acceptors (Lipinski definition) is 5. The zero-order chi connectivity index (χ0) is 19.7. The van der Waals surface area contributed by atoms with E-state index in [1.807, 2.05) is 23.1 Å². The largest absolute Gasteiger partial charge is 0.396 e. The first-order valence-corrected chi connectivity index (χ1v) is 11.3. The molecule has 3 heterocycles. The van der Waals surface area contributed by atoms with Crippen LogP contribution in [0.15, 0.2) is 24.3 Å². The number of piperidine rings is 1. The molecule has 0 radical (unpaired) electrons. The Morgan fingerprint density at radius 3 is 2.86 bits per heavy atom. The summed E-state index contributed by atoms with van der Waals surface area (Å²) in [5, 5.41) is 11.3. The van der Waals surface area contributed by atoms with Crippen LogP contribution >= 0.6 is 23.7 Å². The lowest BCUT2D eigenvalue weighted by Gasteiger charge is -2.44. The van der Waals surface area contributed by atoms with Crippen LogP contribution in [-0.2, 0) is 11.2 Å². The van der Waals surface area contributed by atoms with Crippen LogP contribution in [0.4, 0.5) is 0 Å². The van der Waals surface area contributed by atoms with Crippen LogP contribution in [0.2, 0.25) is 0 Å².